The molecule has 0 bridgehead atoms. The first-order valence-electron chi connectivity index (χ1n) is 8.05. The fourth-order valence-electron chi connectivity index (χ4n) is 2.41. The van der Waals surface area contributed by atoms with Crippen LogP contribution in [0.4, 0.5) is 5.69 Å². The minimum Gasteiger partial charge on any atom is -0.331 e. The quantitative estimate of drug-likeness (QED) is 0.776. The highest BCUT2D eigenvalue weighted by atomic mass is 16.2. The summed E-state index contributed by atoms with van der Waals surface area (Å²) in [5, 5.41) is 2.87. The summed E-state index contributed by atoms with van der Waals surface area (Å²) < 4.78 is 0. The number of hydrogen-bond acceptors (Lipinski definition) is 2. The molecule has 0 aliphatic carbocycles. The molecule has 0 radical (unpaired) electrons. The van der Waals surface area contributed by atoms with E-state index in [0.29, 0.717) is 29.9 Å². The molecule has 1 N–H and O–H groups in total. The van der Waals surface area contributed by atoms with E-state index in [-0.39, 0.29) is 11.8 Å². The molecule has 0 aliphatic heterocycles. The van der Waals surface area contributed by atoms with Gasteiger partial charge in [-0.15, -0.1) is 13.2 Å². The Balaban J connectivity index is 2.24. The van der Waals surface area contributed by atoms with Crippen molar-refractivity contribution in [3.8, 4) is 0 Å². The number of aryl methyl sites for hydroxylation is 1. The van der Waals surface area contributed by atoms with Crippen molar-refractivity contribution in [1.29, 1.82) is 0 Å². The van der Waals surface area contributed by atoms with Gasteiger partial charge in [-0.05, 0) is 36.8 Å². The highest BCUT2D eigenvalue weighted by Crippen LogP contribution is 2.19. The van der Waals surface area contributed by atoms with Gasteiger partial charge in [0.25, 0.3) is 11.8 Å². The predicted molar refractivity (Wildman–Crippen MR) is 102 cm³/mol. The molecule has 2 aromatic carbocycles. The molecule has 4 heteroatoms. The number of rotatable bonds is 7. The zero-order valence-corrected chi connectivity index (χ0v) is 14.4. The lowest BCUT2D eigenvalue weighted by molar-refractivity contribution is 0.0790. The van der Waals surface area contributed by atoms with Gasteiger partial charge in [0.1, 0.15) is 0 Å². The van der Waals surface area contributed by atoms with Crippen LogP contribution in [-0.2, 0) is 0 Å². The second-order valence-corrected chi connectivity index (χ2v) is 5.64. The lowest BCUT2D eigenvalue weighted by atomic mass is 10.1. The average Bonchev–Trinajstić information content (AvgIpc) is 2.63. The predicted octanol–water partition coefficient (Wildman–Crippen LogP) is 4.06. The third kappa shape index (κ3) is 4.67. The molecule has 128 valence electrons. The van der Waals surface area contributed by atoms with Gasteiger partial charge in [-0.25, -0.2) is 0 Å². The summed E-state index contributed by atoms with van der Waals surface area (Å²) in [6, 6.07) is 14.3. The van der Waals surface area contributed by atoms with Crippen LogP contribution in [0, 0.1) is 6.92 Å². The molecular weight excluding hydrogens is 312 g/mol. The number of carbonyl (C=O) groups is 2. The maximum absolute atomic E-state index is 12.7. The van der Waals surface area contributed by atoms with Crippen LogP contribution in [0.5, 0.6) is 0 Å². The SMILES string of the molecule is C=CCN(CC=C)C(=O)c1ccc(C)c(NC(=O)c2ccccc2)c1. The minimum absolute atomic E-state index is 0.130. The molecule has 0 atom stereocenters. The first-order chi connectivity index (χ1) is 12.1. The van der Waals surface area contributed by atoms with E-state index in [2.05, 4.69) is 18.5 Å². The van der Waals surface area contributed by atoms with E-state index in [1.165, 1.54) is 0 Å². The molecule has 0 aliphatic rings. The normalized spacial score (nSPS) is 9.96. The van der Waals surface area contributed by atoms with E-state index in [9.17, 15) is 9.59 Å². The van der Waals surface area contributed by atoms with E-state index < -0.39 is 0 Å². The molecule has 0 saturated carbocycles. The van der Waals surface area contributed by atoms with Crippen LogP contribution in [0.3, 0.4) is 0 Å². The van der Waals surface area contributed by atoms with E-state index in [0.717, 1.165) is 5.56 Å². The van der Waals surface area contributed by atoms with Gasteiger partial charge in [-0.1, -0.05) is 36.4 Å². The molecule has 2 rings (SSSR count). The van der Waals surface area contributed by atoms with Gasteiger partial charge >= 0.3 is 0 Å². The van der Waals surface area contributed by atoms with E-state index in [4.69, 9.17) is 0 Å². The second kappa shape index (κ2) is 8.64. The summed E-state index contributed by atoms with van der Waals surface area (Å²) in [4.78, 5) is 26.6. The molecule has 0 spiro atoms. The van der Waals surface area contributed by atoms with Gasteiger partial charge in [-0.2, -0.15) is 0 Å². The Morgan fingerprint density at radius 3 is 2.24 bits per heavy atom. The van der Waals surface area contributed by atoms with E-state index in [1.54, 1.807) is 41.3 Å². The third-order valence-corrected chi connectivity index (χ3v) is 3.75. The highest BCUT2D eigenvalue weighted by molar-refractivity contribution is 6.05. The van der Waals surface area contributed by atoms with Crippen LogP contribution in [0.2, 0.25) is 0 Å². The Morgan fingerprint density at radius 1 is 1.00 bits per heavy atom. The average molecular weight is 334 g/mol. The molecular formula is C21H22N2O2. The van der Waals surface area contributed by atoms with Crippen LogP contribution in [0.25, 0.3) is 0 Å². The molecule has 2 aromatic rings. The van der Waals surface area contributed by atoms with Crippen molar-refractivity contribution >= 4 is 17.5 Å². The van der Waals surface area contributed by atoms with Crippen LogP contribution in [0.1, 0.15) is 26.3 Å². The zero-order chi connectivity index (χ0) is 18.2. The Morgan fingerprint density at radius 2 is 1.64 bits per heavy atom. The van der Waals surface area contributed by atoms with Gasteiger partial charge in [0.05, 0.1) is 0 Å². The van der Waals surface area contributed by atoms with Crippen molar-refractivity contribution in [2.24, 2.45) is 0 Å². The molecule has 0 heterocycles. The maximum Gasteiger partial charge on any atom is 0.255 e. The molecule has 4 nitrogen and oxygen atoms in total. The van der Waals surface area contributed by atoms with Gasteiger partial charge < -0.3 is 10.2 Å². The molecule has 0 aromatic heterocycles. The summed E-state index contributed by atoms with van der Waals surface area (Å²) in [5.41, 5.74) is 2.59. The third-order valence-electron chi connectivity index (χ3n) is 3.75. The summed E-state index contributed by atoms with van der Waals surface area (Å²) in [7, 11) is 0. The van der Waals surface area contributed by atoms with Crippen molar-refractivity contribution in [2.45, 2.75) is 6.92 Å². The maximum atomic E-state index is 12.7. The summed E-state index contributed by atoms with van der Waals surface area (Å²) in [6.45, 7) is 10.1. The number of anilines is 1. The summed E-state index contributed by atoms with van der Waals surface area (Å²) >= 11 is 0. The first-order valence-corrected chi connectivity index (χ1v) is 8.05. The Hall–Kier alpha value is -3.14. The summed E-state index contributed by atoms with van der Waals surface area (Å²) in [6.07, 6.45) is 3.35. The molecule has 0 saturated heterocycles. The Bertz CT molecular complexity index is 772. The largest absolute Gasteiger partial charge is 0.331 e. The van der Waals surface area contributed by atoms with Gasteiger partial charge in [0, 0.05) is 29.9 Å². The minimum atomic E-state index is -0.206. The zero-order valence-electron chi connectivity index (χ0n) is 14.4. The molecule has 2 amide bonds. The van der Waals surface area contributed by atoms with Gasteiger partial charge in [0.15, 0.2) is 0 Å². The van der Waals surface area contributed by atoms with Crippen molar-refractivity contribution in [2.75, 3.05) is 18.4 Å². The van der Waals surface area contributed by atoms with Crippen molar-refractivity contribution in [1.82, 2.24) is 4.90 Å². The van der Waals surface area contributed by atoms with Crippen molar-refractivity contribution in [3.63, 3.8) is 0 Å². The fourth-order valence-corrected chi connectivity index (χ4v) is 2.41. The number of benzene rings is 2. The Labute approximate surface area is 148 Å². The Kier molecular flexibility index (Phi) is 6.29. The van der Waals surface area contributed by atoms with Crippen LogP contribution in [0.15, 0.2) is 73.8 Å². The highest BCUT2D eigenvalue weighted by Gasteiger charge is 2.15. The van der Waals surface area contributed by atoms with Gasteiger partial charge in [-0.3, -0.25) is 9.59 Å². The number of nitrogens with one attached hydrogen (secondary N) is 1. The van der Waals surface area contributed by atoms with Crippen molar-refractivity contribution in [3.05, 3.63) is 90.5 Å². The van der Waals surface area contributed by atoms with Gasteiger partial charge in [0.2, 0.25) is 0 Å². The molecule has 0 unspecified atom stereocenters. The standard InChI is InChI=1S/C21H22N2O2/c1-4-13-23(14-5-2)21(25)18-12-11-16(3)19(15-18)22-20(24)17-9-7-6-8-10-17/h4-12,15H,1-2,13-14H2,3H3,(H,22,24). The van der Waals surface area contributed by atoms with Crippen molar-refractivity contribution < 1.29 is 9.59 Å². The number of hydrogen-bond donors (Lipinski definition) is 1. The van der Waals surface area contributed by atoms with E-state index in [1.807, 2.05) is 31.2 Å². The molecule has 0 fully saturated rings. The van der Waals surface area contributed by atoms with Crippen LogP contribution < -0.4 is 5.32 Å². The number of carbonyl (C=O) groups excluding carboxylic acids is 2. The smallest absolute Gasteiger partial charge is 0.255 e. The lowest BCUT2D eigenvalue weighted by Crippen LogP contribution is -2.31. The number of amides is 2. The lowest BCUT2D eigenvalue weighted by Gasteiger charge is -2.20. The summed E-state index contributed by atoms with van der Waals surface area (Å²) in [5.74, 6) is -0.336. The fraction of sp³-hybridized carbons (Fsp3) is 0.143. The molecule has 25 heavy (non-hydrogen) atoms. The monoisotopic (exact) mass is 334 g/mol. The van der Waals surface area contributed by atoms with Crippen LogP contribution >= 0.6 is 0 Å². The topological polar surface area (TPSA) is 49.4 Å². The van der Waals surface area contributed by atoms with Crippen LogP contribution in [-0.4, -0.2) is 29.8 Å². The van der Waals surface area contributed by atoms with E-state index >= 15 is 0 Å². The number of nitrogens with zero attached hydrogens (tertiary/aromatic N) is 1. The second-order valence-electron chi connectivity index (χ2n) is 5.64. The first kappa shape index (κ1) is 18.2.